The Kier molecular flexibility index (Phi) is 3.16. The average Bonchev–Trinajstić information content (AvgIpc) is 2.53. The van der Waals surface area contributed by atoms with E-state index in [2.05, 4.69) is 4.98 Å². The monoisotopic (exact) mass is 271 g/mol. The first-order chi connectivity index (χ1) is 8.40. The Bertz CT molecular complexity index is 677. The summed E-state index contributed by atoms with van der Waals surface area (Å²) in [6, 6.07) is 1.76. The molecular weight excluding hydrogens is 260 g/mol. The number of benzene rings is 1. The largest absolute Gasteiger partial charge is 0.370 e. The van der Waals surface area contributed by atoms with E-state index in [9.17, 15) is 13.6 Å². The second kappa shape index (κ2) is 4.49. The van der Waals surface area contributed by atoms with Crippen LogP contribution in [0.25, 0.3) is 11.0 Å². The van der Waals surface area contributed by atoms with Crippen LogP contribution in [0.15, 0.2) is 12.1 Å². The van der Waals surface area contributed by atoms with Gasteiger partial charge in [-0.3, -0.25) is 4.79 Å². The van der Waals surface area contributed by atoms with Crippen molar-refractivity contribution < 1.29 is 13.6 Å². The number of carbonyl (C=O) groups excluding carboxylic acids is 1. The maximum absolute atomic E-state index is 13.2. The van der Waals surface area contributed by atoms with Crippen LogP contribution in [-0.2, 0) is 4.79 Å². The zero-order chi connectivity index (χ0) is 13.4. The Balaban J connectivity index is 2.63. The van der Waals surface area contributed by atoms with Crippen molar-refractivity contribution in [2.45, 2.75) is 19.4 Å². The zero-order valence-corrected chi connectivity index (χ0v) is 10.4. The number of amides is 1. The van der Waals surface area contributed by atoms with Gasteiger partial charge in [0.15, 0.2) is 16.4 Å². The Morgan fingerprint density at radius 1 is 1.50 bits per heavy atom. The van der Waals surface area contributed by atoms with Crippen LogP contribution in [0.2, 0.25) is 0 Å². The lowest BCUT2D eigenvalue weighted by molar-refractivity contribution is -0.118. The van der Waals surface area contributed by atoms with Gasteiger partial charge in [-0.05, 0) is 19.1 Å². The van der Waals surface area contributed by atoms with E-state index in [1.54, 1.807) is 11.5 Å². The van der Waals surface area contributed by atoms with Crippen LogP contribution < -0.4 is 5.73 Å². The number of nitrogens with two attached hydrogens (primary N) is 1. The van der Waals surface area contributed by atoms with Crippen molar-refractivity contribution in [3.05, 3.63) is 28.5 Å². The number of primary amides is 1. The van der Waals surface area contributed by atoms with Crippen molar-refractivity contribution >= 4 is 29.2 Å². The van der Waals surface area contributed by atoms with Crippen LogP contribution in [0.4, 0.5) is 8.78 Å². The van der Waals surface area contributed by atoms with Gasteiger partial charge in [0.1, 0.15) is 0 Å². The number of halogens is 2. The first-order valence-electron chi connectivity index (χ1n) is 5.27. The molecule has 2 aromatic rings. The molecule has 3 N–H and O–H groups in total. The molecule has 0 fully saturated rings. The van der Waals surface area contributed by atoms with E-state index in [1.165, 1.54) is 0 Å². The van der Waals surface area contributed by atoms with Crippen molar-refractivity contribution in [2.75, 3.05) is 0 Å². The number of nitrogens with zero attached hydrogens (tertiary/aromatic N) is 1. The summed E-state index contributed by atoms with van der Waals surface area (Å²) in [5, 5.41) is 0. The van der Waals surface area contributed by atoms with E-state index >= 15 is 0 Å². The maximum Gasteiger partial charge on any atom is 0.219 e. The van der Waals surface area contributed by atoms with Gasteiger partial charge >= 0.3 is 0 Å². The minimum absolute atomic E-state index is 0.0697. The molecule has 1 aromatic heterocycles. The van der Waals surface area contributed by atoms with E-state index < -0.39 is 17.5 Å². The lowest BCUT2D eigenvalue weighted by Gasteiger charge is -2.12. The molecule has 96 valence electrons. The topological polar surface area (TPSA) is 63.8 Å². The highest BCUT2D eigenvalue weighted by Crippen LogP contribution is 2.23. The molecule has 0 aliphatic heterocycles. The molecule has 2 rings (SSSR count). The fourth-order valence-electron chi connectivity index (χ4n) is 1.94. The van der Waals surface area contributed by atoms with E-state index in [1.807, 2.05) is 0 Å². The molecule has 1 heterocycles. The van der Waals surface area contributed by atoms with Crippen LogP contribution in [-0.4, -0.2) is 15.5 Å². The molecule has 0 radical (unpaired) electrons. The molecular formula is C11H11F2N3OS. The summed E-state index contributed by atoms with van der Waals surface area (Å²) in [6.07, 6.45) is 0.0697. The second-order valence-electron chi connectivity index (χ2n) is 4.10. The summed E-state index contributed by atoms with van der Waals surface area (Å²) in [7, 11) is 0. The fourth-order valence-corrected chi connectivity index (χ4v) is 2.33. The molecule has 1 aromatic carbocycles. The number of aromatic amines is 1. The van der Waals surface area contributed by atoms with Crippen molar-refractivity contribution in [3.63, 3.8) is 0 Å². The predicted molar refractivity (Wildman–Crippen MR) is 65.6 cm³/mol. The van der Waals surface area contributed by atoms with Gasteiger partial charge in [-0.1, -0.05) is 0 Å². The van der Waals surface area contributed by atoms with E-state index in [-0.39, 0.29) is 12.5 Å². The molecule has 4 nitrogen and oxygen atoms in total. The number of aromatic nitrogens is 2. The number of H-pyrrole nitrogens is 1. The molecule has 1 amide bonds. The van der Waals surface area contributed by atoms with Gasteiger partial charge in [0, 0.05) is 24.6 Å². The highest BCUT2D eigenvalue weighted by molar-refractivity contribution is 7.71. The summed E-state index contributed by atoms with van der Waals surface area (Å²) in [4.78, 5) is 13.7. The Morgan fingerprint density at radius 2 is 2.11 bits per heavy atom. The molecule has 0 aliphatic carbocycles. The standard InChI is InChI=1S/C11H11F2N3OS/c1-5(2-10(14)17)16-9-4-7(13)6(12)3-8(9)15-11(16)18/h3-5H,2H2,1H3,(H2,14,17)(H,15,18). The number of nitrogens with one attached hydrogen (secondary N) is 1. The number of hydrogen-bond donors (Lipinski definition) is 2. The first-order valence-corrected chi connectivity index (χ1v) is 5.68. The van der Waals surface area contributed by atoms with Gasteiger partial charge in [0.25, 0.3) is 0 Å². The molecule has 0 saturated heterocycles. The van der Waals surface area contributed by atoms with Crippen molar-refractivity contribution in [3.8, 4) is 0 Å². The third-order valence-corrected chi connectivity index (χ3v) is 2.99. The highest BCUT2D eigenvalue weighted by Gasteiger charge is 2.15. The van der Waals surface area contributed by atoms with E-state index in [4.69, 9.17) is 18.0 Å². The molecule has 0 spiro atoms. The van der Waals surface area contributed by atoms with Crippen molar-refractivity contribution in [2.24, 2.45) is 5.73 Å². The van der Waals surface area contributed by atoms with Crippen LogP contribution in [0.3, 0.4) is 0 Å². The Labute approximate surface area is 106 Å². The summed E-state index contributed by atoms with van der Waals surface area (Å²) < 4.78 is 28.2. The van der Waals surface area contributed by atoms with E-state index in [0.29, 0.717) is 15.8 Å². The number of imidazole rings is 1. The molecule has 1 atom stereocenters. The highest BCUT2D eigenvalue weighted by atomic mass is 32.1. The minimum atomic E-state index is -0.962. The zero-order valence-electron chi connectivity index (χ0n) is 9.54. The van der Waals surface area contributed by atoms with Crippen molar-refractivity contribution in [1.29, 1.82) is 0 Å². The predicted octanol–water partition coefficient (Wildman–Crippen LogP) is 2.41. The summed E-state index contributed by atoms with van der Waals surface area (Å²) in [5.41, 5.74) is 5.91. The number of rotatable bonds is 3. The summed E-state index contributed by atoms with van der Waals surface area (Å²) in [6.45, 7) is 1.73. The molecule has 7 heteroatoms. The van der Waals surface area contributed by atoms with Gasteiger partial charge in [-0.15, -0.1) is 0 Å². The lowest BCUT2D eigenvalue weighted by atomic mass is 10.2. The van der Waals surface area contributed by atoms with Gasteiger partial charge < -0.3 is 15.3 Å². The van der Waals surface area contributed by atoms with Crippen molar-refractivity contribution in [1.82, 2.24) is 9.55 Å². The number of fused-ring (bicyclic) bond motifs is 1. The first kappa shape index (κ1) is 12.7. The molecule has 18 heavy (non-hydrogen) atoms. The molecule has 0 bridgehead atoms. The lowest BCUT2D eigenvalue weighted by Crippen LogP contribution is -2.17. The van der Waals surface area contributed by atoms with E-state index in [0.717, 1.165) is 12.1 Å². The third kappa shape index (κ3) is 2.13. The fraction of sp³-hybridized carbons (Fsp3) is 0.273. The molecule has 1 unspecified atom stereocenters. The Hall–Kier alpha value is -1.76. The summed E-state index contributed by atoms with van der Waals surface area (Å²) >= 11 is 5.08. The van der Waals surface area contributed by atoms with Crippen LogP contribution in [0, 0.1) is 16.4 Å². The summed E-state index contributed by atoms with van der Waals surface area (Å²) in [5.74, 6) is -2.40. The maximum atomic E-state index is 13.2. The minimum Gasteiger partial charge on any atom is -0.370 e. The number of hydrogen-bond acceptors (Lipinski definition) is 2. The SMILES string of the molecule is CC(CC(N)=O)n1c(=S)[nH]c2cc(F)c(F)cc21. The van der Waals surface area contributed by atoms with Crippen LogP contribution in [0.5, 0.6) is 0 Å². The molecule has 0 aliphatic rings. The third-order valence-electron chi connectivity index (χ3n) is 2.70. The number of carbonyl (C=O) groups is 1. The van der Waals surface area contributed by atoms with Gasteiger partial charge in [0.2, 0.25) is 5.91 Å². The van der Waals surface area contributed by atoms with Gasteiger partial charge in [-0.2, -0.15) is 0 Å². The normalized spacial score (nSPS) is 12.8. The molecule has 0 saturated carbocycles. The van der Waals surface area contributed by atoms with Gasteiger partial charge in [-0.25, -0.2) is 8.78 Å². The van der Waals surface area contributed by atoms with Crippen LogP contribution in [0.1, 0.15) is 19.4 Å². The second-order valence-corrected chi connectivity index (χ2v) is 4.49. The smallest absolute Gasteiger partial charge is 0.219 e. The van der Waals surface area contributed by atoms with Crippen LogP contribution >= 0.6 is 12.2 Å². The average molecular weight is 271 g/mol. The quantitative estimate of drug-likeness (QED) is 0.842. The Morgan fingerprint density at radius 3 is 2.72 bits per heavy atom. The van der Waals surface area contributed by atoms with Gasteiger partial charge in [0.05, 0.1) is 11.0 Å².